The maximum Gasteiger partial charge on any atom is 0.240 e. The molecule has 0 aromatic carbocycles. The molecule has 18 heavy (non-hydrogen) atoms. The molecule has 0 saturated carbocycles. The zero-order valence-electron chi connectivity index (χ0n) is 10.2. The highest BCUT2D eigenvalue weighted by Crippen LogP contribution is 2.20. The first-order chi connectivity index (χ1) is 8.79. The number of aromatic nitrogens is 2. The van der Waals surface area contributed by atoms with Gasteiger partial charge in [0.25, 0.3) is 0 Å². The lowest BCUT2D eigenvalue weighted by molar-refractivity contribution is -0.135. The summed E-state index contributed by atoms with van der Waals surface area (Å²) in [7, 11) is 0. The first-order valence-electron chi connectivity index (χ1n) is 6.45. The van der Waals surface area contributed by atoms with E-state index in [0.717, 1.165) is 30.8 Å². The van der Waals surface area contributed by atoms with Crippen LogP contribution >= 0.6 is 0 Å². The highest BCUT2D eigenvalue weighted by atomic mass is 16.3. The number of aromatic amines is 1. The van der Waals surface area contributed by atoms with Crippen LogP contribution in [0.1, 0.15) is 24.2 Å². The van der Waals surface area contributed by atoms with Crippen LogP contribution in [0, 0.1) is 0 Å². The summed E-state index contributed by atoms with van der Waals surface area (Å²) in [5, 5.41) is 12.5. The second kappa shape index (κ2) is 4.70. The molecule has 6 nitrogen and oxygen atoms in total. The van der Waals surface area contributed by atoms with Crippen molar-refractivity contribution in [3.05, 3.63) is 17.7 Å². The zero-order chi connectivity index (χ0) is 12.5. The summed E-state index contributed by atoms with van der Waals surface area (Å²) in [6.45, 7) is 1.48. The molecule has 2 aliphatic rings. The summed E-state index contributed by atoms with van der Waals surface area (Å²) in [6.07, 6.45) is 4.19. The Kier molecular flexibility index (Phi) is 3.05. The summed E-state index contributed by atoms with van der Waals surface area (Å²) in [5.74, 6) is 0.0974. The van der Waals surface area contributed by atoms with Gasteiger partial charge in [-0.2, -0.15) is 0 Å². The van der Waals surface area contributed by atoms with E-state index in [2.05, 4.69) is 15.3 Å². The number of fused-ring (bicyclic) bond motifs is 1. The van der Waals surface area contributed by atoms with Gasteiger partial charge in [-0.15, -0.1) is 0 Å². The van der Waals surface area contributed by atoms with Crippen LogP contribution in [0.25, 0.3) is 0 Å². The molecule has 0 aliphatic carbocycles. The van der Waals surface area contributed by atoms with Crippen molar-refractivity contribution in [3.8, 4) is 0 Å². The first kappa shape index (κ1) is 11.7. The SMILES string of the molecule is O=C(C1Cc2nc[nH]c2CN1)N1CCCC1CO. The predicted octanol–water partition coefficient (Wildman–Crippen LogP) is -0.593. The van der Waals surface area contributed by atoms with Crippen molar-refractivity contribution < 1.29 is 9.90 Å². The molecule has 3 heterocycles. The molecule has 3 N–H and O–H groups in total. The number of amides is 1. The number of H-pyrrole nitrogens is 1. The van der Waals surface area contributed by atoms with E-state index in [1.807, 2.05) is 4.90 Å². The van der Waals surface area contributed by atoms with Crippen LogP contribution < -0.4 is 5.32 Å². The van der Waals surface area contributed by atoms with Crippen molar-refractivity contribution in [2.75, 3.05) is 13.2 Å². The summed E-state index contributed by atoms with van der Waals surface area (Å²) in [4.78, 5) is 21.5. The van der Waals surface area contributed by atoms with Crippen molar-refractivity contribution in [1.29, 1.82) is 0 Å². The van der Waals surface area contributed by atoms with Crippen LogP contribution in [0.15, 0.2) is 6.33 Å². The van der Waals surface area contributed by atoms with E-state index in [-0.39, 0.29) is 24.6 Å². The van der Waals surface area contributed by atoms with Gasteiger partial charge in [0.05, 0.1) is 36.4 Å². The molecular formula is C12H18N4O2. The Hall–Kier alpha value is -1.40. The first-order valence-corrected chi connectivity index (χ1v) is 6.45. The Labute approximate surface area is 105 Å². The largest absolute Gasteiger partial charge is 0.394 e. The van der Waals surface area contributed by atoms with Gasteiger partial charge in [-0.05, 0) is 12.8 Å². The fraction of sp³-hybridized carbons (Fsp3) is 0.667. The molecule has 2 unspecified atom stereocenters. The quantitative estimate of drug-likeness (QED) is 0.655. The molecule has 6 heteroatoms. The van der Waals surface area contributed by atoms with Crippen LogP contribution in [0.2, 0.25) is 0 Å². The van der Waals surface area contributed by atoms with E-state index >= 15 is 0 Å². The number of carbonyl (C=O) groups excluding carboxylic acids is 1. The Balaban J connectivity index is 1.71. The molecule has 0 bridgehead atoms. The molecule has 2 atom stereocenters. The number of imidazole rings is 1. The van der Waals surface area contributed by atoms with Gasteiger partial charge in [-0.3, -0.25) is 10.1 Å². The topological polar surface area (TPSA) is 81.2 Å². The molecule has 1 saturated heterocycles. The predicted molar refractivity (Wildman–Crippen MR) is 64.7 cm³/mol. The number of hydrogen-bond acceptors (Lipinski definition) is 4. The monoisotopic (exact) mass is 250 g/mol. The Morgan fingerprint density at radius 1 is 1.61 bits per heavy atom. The lowest BCUT2D eigenvalue weighted by Crippen LogP contribution is -2.51. The molecule has 1 aromatic heterocycles. The number of likely N-dealkylation sites (tertiary alicyclic amines) is 1. The van der Waals surface area contributed by atoms with Gasteiger partial charge >= 0.3 is 0 Å². The third kappa shape index (κ3) is 1.91. The second-order valence-electron chi connectivity index (χ2n) is 4.98. The Bertz CT molecular complexity index is 445. The number of hydrogen-bond donors (Lipinski definition) is 3. The molecule has 2 aliphatic heterocycles. The van der Waals surface area contributed by atoms with Crippen molar-refractivity contribution in [1.82, 2.24) is 20.2 Å². The minimum atomic E-state index is -0.201. The summed E-state index contributed by atoms with van der Waals surface area (Å²) < 4.78 is 0. The average Bonchev–Trinajstić information content (AvgIpc) is 3.05. The van der Waals surface area contributed by atoms with Crippen LogP contribution in [-0.2, 0) is 17.8 Å². The number of nitrogens with one attached hydrogen (secondary N) is 2. The molecule has 1 amide bonds. The Morgan fingerprint density at radius 2 is 2.50 bits per heavy atom. The van der Waals surface area contributed by atoms with Gasteiger partial charge in [0.1, 0.15) is 0 Å². The minimum Gasteiger partial charge on any atom is -0.394 e. The van der Waals surface area contributed by atoms with Crippen molar-refractivity contribution in [2.24, 2.45) is 0 Å². The van der Waals surface area contributed by atoms with Gasteiger partial charge in [-0.25, -0.2) is 4.98 Å². The number of nitrogens with zero attached hydrogens (tertiary/aromatic N) is 2. The van der Waals surface area contributed by atoms with Gasteiger partial charge in [-0.1, -0.05) is 0 Å². The van der Waals surface area contributed by atoms with Crippen LogP contribution in [0.5, 0.6) is 0 Å². The third-order valence-corrected chi connectivity index (χ3v) is 3.90. The third-order valence-electron chi connectivity index (χ3n) is 3.90. The van der Waals surface area contributed by atoms with E-state index in [4.69, 9.17) is 0 Å². The number of rotatable bonds is 2. The van der Waals surface area contributed by atoms with Crippen LogP contribution in [0.4, 0.5) is 0 Å². The molecule has 0 spiro atoms. The fourth-order valence-electron chi connectivity index (χ4n) is 2.86. The minimum absolute atomic E-state index is 0.000110. The van der Waals surface area contributed by atoms with E-state index in [0.29, 0.717) is 13.0 Å². The summed E-state index contributed by atoms with van der Waals surface area (Å²) in [5.41, 5.74) is 2.05. The normalized spacial score (nSPS) is 27.3. The van der Waals surface area contributed by atoms with Crippen molar-refractivity contribution in [3.63, 3.8) is 0 Å². The standard InChI is InChI=1S/C12H18N4O2/c17-6-8-2-1-3-16(8)12(18)10-4-9-11(5-13-10)15-7-14-9/h7-8,10,13,17H,1-6H2,(H,14,15). The number of aliphatic hydroxyl groups excluding tert-OH is 1. The number of aliphatic hydroxyl groups is 1. The smallest absolute Gasteiger partial charge is 0.240 e. The second-order valence-corrected chi connectivity index (χ2v) is 4.98. The van der Waals surface area contributed by atoms with Crippen molar-refractivity contribution in [2.45, 2.75) is 37.9 Å². The van der Waals surface area contributed by atoms with Crippen molar-refractivity contribution >= 4 is 5.91 Å². The summed E-state index contributed by atoms with van der Waals surface area (Å²) >= 11 is 0. The average molecular weight is 250 g/mol. The summed E-state index contributed by atoms with van der Waals surface area (Å²) in [6, 6.07) is -0.201. The lowest BCUT2D eigenvalue weighted by atomic mass is 10.0. The molecular weight excluding hydrogens is 232 g/mol. The van der Waals surface area contributed by atoms with Gasteiger partial charge < -0.3 is 15.0 Å². The molecule has 98 valence electrons. The van der Waals surface area contributed by atoms with Gasteiger partial charge in [0.2, 0.25) is 5.91 Å². The lowest BCUT2D eigenvalue weighted by Gasteiger charge is -2.30. The van der Waals surface area contributed by atoms with Crippen LogP contribution in [0.3, 0.4) is 0 Å². The maximum atomic E-state index is 12.4. The highest BCUT2D eigenvalue weighted by Gasteiger charge is 2.34. The Morgan fingerprint density at radius 3 is 3.33 bits per heavy atom. The van der Waals surface area contributed by atoms with E-state index in [9.17, 15) is 9.90 Å². The highest BCUT2D eigenvalue weighted by molar-refractivity contribution is 5.83. The van der Waals surface area contributed by atoms with Gasteiger partial charge in [0.15, 0.2) is 0 Å². The maximum absolute atomic E-state index is 12.4. The fourth-order valence-corrected chi connectivity index (χ4v) is 2.86. The molecule has 1 aromatic rings. The molecule has 1 fully saturated rings. The zero-order valence-corrected chi connectivity index (χ0v) is 10.2. The molecule has 3 rings (SSSR count). The van der Waals surface area contributed by atoms with E-state index in [1.54, 1.807) is 6.33 Å². The number of carbonyl (C=O) groups is 1. The van der Waals surface area contributed by atoms with E-state index < -0.39 is 0 Å². The van der Waals surface area contributed by atoms with Crippen LogP contribution in [-0.4, -0.2) is 51.1 Å². The molecule has 0 radical (unpaired) electrons. The van der Waals surface area contributed by atoms with Gasteiger partial charge in [0, 0.05) is 19.5 Å². The van der Waals surface area contributed by atoms with E-state index in [1.165, 1.54) is 0 Å².